The molecular formula is C30H30N2O7. The zero-order valence-corrected chi connectivity index (χ0v) is 21.7. The molecule has 3 atom stereocenters. The third kappa shape index (κ3) is 5.12. The molecule has 202 valence electrons. The predicted molar refractivity (Wildman–Crippen MR) is 144 cm³/mol. The van der Waals surface area contributed by atoms with Crippen LogP contribution in [0, 0.1) is 0 Å². The molecule has 0 radical (unpaired) electrons. The first kappa shape index (κ1) is 26.4. The molecule has 2 N–H and O–H groups in total. The standard InChI is InChI=1S/C30H30N2O7/c1-36-23-12-8-21(9-13-23)30(20-6-4-3-5-7-20,22-10-14-24(37-2)15-11-22)38-19-26-25(33)18-28(39-26)32-27(34)16-17-31-29(32)35/h3-17,25-26,28,33H,18-19H2,1-2H3,(H,31,35)/t25-,26?,28-/m1/s1. The zero-order chi connectivity index (χ0) is 27.4. The number of nitrogens with zero attached hydrogens (tertiary/aromatic N) is 1. The molecule has 1 unspecified atom stereocenters. The molecule has 9 heteroatoms. The Kier molecular flexibility index (Phi) is 7.65. The highest BCUT2D eigenvalue weighted by Gasteiger charge is 2.42. The lowest BCUT2D eigenvalue weighted by molar-refractivity contribution is -0.0949. The molecular weight excluding hydrogens is 500 g/mol. The van der Waals surface area contributed by atoms with Crippen molar-refractivity contribution in [2.24, 2.45) is 0 Å². The molecule has 39 heavy (non-hydrogen) atoms. The number of aliphatic hydroxyl groups excluding tert-OH is 1. The number of benzene rings is 3. The summed E-state index contributed by atoms with van der Waals surface area (Å²) in [5.74, 6) is 1.40. The van der Waals surface area contributed by atoms with Gasteiger partial charge in [0.2, 0.25) is 0 Å². The second-order valence-corrected chi connectivity index (χ2v) is 9.24. The summed E-state index contributed by atoms with van der Waals surface area (Å²) in [5.41, 5.74) is 0.324. The van der Waals surface area contributed by atoms with Crippen LogP contribution in [0.1, 0.15) is 29.3 Å². The number of nitrogens with one attached hydrogen (secondary N) is 1. The third-order valence-corrected chi connectivity index (χ3v) is 7.02. The molecule has 9 nitrogen and oxygen atoms in total. The summed E-state index contributed by atoms with van der Waals surface area (Å²) in [4.78, 5) is 27.1. The number of H-pyrrole nitrogens is 1. The molecule has 4 aromatic rings. The molecule has 0 aliphatic carbocycles. The van der Waals surface area contributed by atoms with E-state index >= 15 is 0 Å². The Hall–Kier alpha value is -4.18. The molecule has 1 aliphatic rings. The van der Waals surface area contributed by atoms with Crippen molar-refractivity contribution in [3.63, 3.8) is 0 Å². The lowest BCUT2D eigenvalue weighted by atomic mass is 9.80. The van der Waals surface area contributed by atoms with E-state index in [1.54, 1.807) is 14.2 Å². The van der Waals surface area contributed by atoms with Gasteiger partial charge in [-0.15, -0.1) is 0 Å². The molecule has 1 aliphatic heterocycles. The van der Waals surface area contributed by atoms with Gasteiger partial charge < -0.3 is 29.0 Å². The van der Waals surface area contributed by atoms with Crippen molar-refractivity contribution in [2.75, 3.05) is 20.8 Å². The molecule has 0 amide bonds. The van der Waals surface area contributed by atoms with E-state index in [0.29, 0.717) is 11.5 Å². The summed E-state index contributed by atoms with van der Waals surface area (Å²) >= 11 is 0. The van der Waals surface area contributed by atoms with Gasteiger partial charge >= 0.3 is 5.69 Å². The van der Waals surface area contributed by atoms with Crippen LogP contribution in [-0.4, -0.2) is 47.7 Å². The zero-order valence-electron chi connectivity index (χ0n) is 21.7. The molecule has 2 heterocycles. The van der Waals surface area contributed by atoms with Gasteiger partial charge in [-0.2, -0.15) is 0 Å². The van der Waals surface area contributed by atoms with E-state index < -0.39 is 35.3 Å². The highest BCUT2D eigenvalue weighted by atomic mass is 16.6. The first-order chi connectivity index (χ1) is 19.0. The van der Waals surface area contributed by atoms with E-state index in [0.717, 1.165) is 21.3 Å². The number of rotatable bonds is 9. The lowest BCUT2D eigenvalue weighted by Crippen LogP contribution is -2.39. The van der Waals surface area contributed by atoms with Crippen molar-refractivity contribution >= 4 is 0 Å². The topological polar surface area (TPSA) is 112 Å². The molecule has 0 bridgehead atoms. The van der Waals surface area contributed by atoms with Crippen LogP contribution < -0.4 is 20.7 Å². The van der Waals surface area contributed by atoms with Gasteiger partial charge in [0.05, 0.1) is 26.9 Å². The smallest absolute Gasteiger partial charge is 0.330 e. The van der Waals surface area contributed by atoms with Gasteiger partial charge in [0.1, 0.15) is 29.4 Å². The van der Waals surface area contributed by atoms with E-state index in [-0.39, 0.29) is 13.0 Å². The quantitative estimate of drug-likeness (QED) is 0.320. The molecule has 1 fully saturated rings. The largest absolute Gasteiger partial charge is 0.497 e. The summed E-state index contributed by atoms with van der Waals surface area (Å²) in [6, 6.07) is 26.2. The van der Waals surface area contributed by atoms with Crippen LogP contribution in [0.3, 0.4) is 0 Å². The van der Waals surface area contributed by atoms with Crippen molar-refractivity contribution in [2.45, 2.75) is 30.5 Å². The van der Waals surface area contributed by atoms with Gasteiger partial charge in [0, 0.05) is 18.7 Å². The fourth-order valence-electron chi connectivity index (χ4n) is 5.01. The summed E-state index contributed by atoms with van der Waals surface area (Å²) in [5, 5.41) is 10.9. The normalized spacial score (nSPS) is 19.1. The summed E-state index contributed by atoms with van der Waals surface area (Å²) in [6.45, 7) is -0.0237. The number of hydrogen-bond donors (Lipinski definition) is 2. The molecule has 1 saturated heterocycles. The van der Waals surface area contributed by atoms with E-state index in [4.69, 9.17) is 18.9 Å². The number of aliphatic hydroxyl groups is 1. The Morgan fingerprint density at radius 2 is 1.44 bits per heavy atom. The molecule has 1 aromatic heterocycles. The Bertz CT molecular complexity index is 1420. The average Bonchev–Trinajstić information content (AvgIpc) is 3.34. The first-order valence-corrected chi connectivity index (χ1v) is 12.6. The van der Waals surface area contributed by atoms with Crippen LogP contribution in [0.4, 0.5) is 0 Å². The maximum atomic E-state index is 12.3. The van der Waals surface area contributed by atoms with Crippen molar-refractivity contribution in [1.82, 2.24) is 9.55 Å². The van der Waals surface area contributed by atoms with E-state index in [1.165, 1.54) is 12.3 Å². The molecule has 5 rings (SSSR count). The molecule has 0 saturated carbocycles. The second kappa shape index (κ2) is 11.3. The highest BCUT2D eigenvalue weighted by molar-refractivity contribution is 5.49. The Morgan fingerprint density at radius 1 is 0.872 bits per heavy atom. The van der Waals surface area contributed by atoms with E-state index in [1.807, 2.05) is 78.9 Å². The third-order valence-electron chi connectivity index (χ3n) is 7.02. The van der Waals surface area contributed by atoms with Crippen molar-refractivity contribution in [3.8, 4) is 11.5 Å². The molecule has 3 aromatic carbocycles. The number of hydrogen-bond acceptors (Lipinski definition) is 7. The minimum absolute atomic E-state index is 0.0237. The highest BCUT2D eigenvalue weighted by Crippen LogP contribution is 2.42. The van der Waals surface area contributed by atoms with Gasteiger partial charge in [0.25, 0.3) is 5.56 Å². The Morgan fingerprint density at radius 3 is 1.97 bits per heavy atom. The van der Waals surface area contributed by atoms with Gasteiger partial charge in [-0.1, -0.05) is 54.6 Å². The van der Waals surface area contributed by atoms with Crippen LogP contribution in [0.2, 0.25) is 0 Å². The summed E-state index contributed by atoms with van der Waals surface area (Å²) in [7, 11) is 3.22. The van der Waals surface area contributed by atoms with Gasteiger partial charge in [-0.25, -0.2) is 9.36 Å². The van der Waals surface area contributed by atoms with Crippen LogP contribution in [0.15, 0.2) is 101 Å². The number of aromatic amines is 1. The van der Waals surface area contributed by atoms with Crippen molar-refractivity contribution in [3.05, 3.63) is 129 Å². The van der Waals surface area contributed by atoms with Gasteiger partial charge in [-0.3, -0.25) is 4.79 Å². The van der Waals surface area contributed by atoms with Gasteiger partial charge in [-0.05, 0) is 41.0 Å². The first-order valence-electron chi connectivity index (χ1n) is 12.6. The summed E-state index contributed by atoms with van der Waals surface area (Å²) < 4.78 is 24.6. The average molecular weight is 531 g/mol. The SMILES string of the molecule is COc1ccc(C(OCC2O[C@@H](n3c(=O)cc[nH]c3=O)C[C@H]2O)(c2ccccc2)c2ccc(OC)cc2)cc1. The van der Waals surface area contributed by atoms with Crippen LogP contribution in [0.5, 0.6) is 11.5 Å². The minimum Gasteiger partial charge on any atom is -0.497 e. The van der Waals surface area contributed by atoms with Crippen molar-refractivity contribution < 1.29 is 24.1 Å². The maximum absolute atomic E-state index is 12.3. The van der Waals surface area contributed by atoms with Crippen LogP contribution >= 0.6 is 0 Å². The fourth-order valence-corrected chi connectivity index (χ4v) is 5.01. The van der Waals surface area contributed by atoms with E-state index in [9.17, 15) is 14.7 Å². The maximum Gasteiger partial charge on any atom is 0.330 e. The minimum atomic E-state index is -1.10. The van der Waals surface area contributed by atoms with Crippen LogP contribution in [0.25, 0.3) is 0 Å². The van der Waals surface area contributed by atoms with Gasteiger partial charge in [0.15, 0.2) is 0 Å². The number of aromatic nitrogens is 2. The lowest BCUT2D eigenvalue weighted by Gasteiger charge is -2.37. The number of ether oxygens (including phenoxy) is 4. The monoisotopic (exact) mass is 530 g/mol. The Balaban J connectivity index is 1.55. The Labute approximate surface area is 225 Å². The predicted octanol–water partition coefficient (Wildman–Crippen LogP) is 3.21. The van der Waals surface area contributed by atoms with Crippen molar-refractivity contribution in [1.29, 1.82) is 0 Å². The summed E-state index contributed by atoms with van der Waals surface area (Å²) in [6.07, 6.45) is -1.31. The molecule has 0 spiro atoms. The number of methoxy groups -OCH3 is 2. The van der Waals surface area contributed by atoms with Crippen LogP contribution in [-0.2, 0) is 15.1 Å². The van der Waals surface area contributed by atoms with E-state index in [2.05, 4.69) is 4.98 Å². The second-order valence-electron chi connectivity index (χ2n) is 9.24. The fraction of sp³-hybridized carbons (Fsp3) is 0.267.